The van der Waals surface area contributed by atoms with E-state index >= 15 is 0 Å². The third-order valence-electron chi connectivity index (χ3n) is 5.85. The van der Waals surface area contributed by atoms with E-state index in [1.165, 1.54) is 32.1 Å². The lowest BCUT2D eigenvalue weighted by atomic mass is 9.54. The lowest BCUT2D eigenvalue weighted by molar-refractivity contribution is -0.125. The molecule has 4 aliphatic carbocycles. The van der Waals surface area contributed by atoms with Crippen LogP contribution in [0.4, 0.5) is 0 Å². The third kappa shape index (κ3) is 3.75. The molecule has 23 heavy (non-hydrogen) atoms. The molecular weight excluding hydrogens is 290 g/mol. The van der Waals surface area contributed by atoms with Crippen molar-refractivity contribution in [2.24, 2.45) is 34.7 Å². The maximum absolute atomic E-state index is 12.3. The van der Waals surface area contributed by atoms with Crippen LogP contribution in [0.1, 0.15) is 59.3 Å². The summed E-state index contributed by atoms with van der Waals surface area (Å²) in [5.74, 6) is 3.03. The predicted molar refractivity (Wildman–Crippen MR) is 89.7 cm³/mol. The Kier molecular flexibility index (Phi) is 4.74. The Bertz CT molecular complexity index is 484. The number of hydrogen-bond donors (Lipinski definition) is 2. The van der Waals surface area contributed by atoms with Gasteiger partial charge in [0.15, 0.2) is 0 Å². The van der Waals surface area contributed by atoms with E-state index in [0.717, 1.165) is 11.8 Å². The van der Waals surface area contributed by atoms with Gasteiger partial charge in [-0.3, -0.25) is 9.59 Å². The zero-order valence-corrected chi connectivity index (χ0v) is 14.5. The van der Waals surface area contributed by atoms with Gasteiger partial charge in [0.25, 0.3) is 0 Å². The molecule has 0 aromatic carbocycles. The molecule has 0 saturated heterocycles. The van der Waals surface area contributed by atoms with E-state index < -0.39 is 0 Å². The van der Waals surface area contributed by atoms with E-state index in [9.17, 15) is 9.59 Å². The van der Waals surface area contributed by atoms with Crippen LogP contribution >= 0.6 is 0 Å². The summed E-state index contributed by atoms with van der Waals surface area (Å²) >= 11 is 0. The fourth-order valence-electron chi connectivity index (χ4n) is 4.95. The summed E-state index contributed by atoms with van der Waals surface area (Å²) in [5, 5.41) is 7.30. The molecule has 4 rings (SSSR count). The molecule has 2 amide bonds. The summed E-state index contributed by atoms with van der Waals surface area (Å²) in [6.07, 6.45) is 6.89. The molecule has 0 heterocycles. The third-order valence-corrected chi connectivity index (χ3v) is 5.85. The van der Waals surface area contributed by atoms with Gasteiger partial charge < -0.3 is 5.32 Å². The summed E-state index contributed by atoms with van der Waals surface area (Å²) in [7, 11) is 0. The molecule has 0 unspecified atom stereocenters. The Hall–Kier alpha value is -1.39. The minimum absolute atomic E-state index is 0.0440. The predicted octanol–water partition coefficient (Wildman–Crippen LogP) is 2.47. The van der Waals surface area contributed by atoms with Crippen molar-refractivity contribution in [3.8, 4) is 0 Å². The number of nitrogens with zero attached hydrogens (tertiary/aromatic N) is 1. The van der Waals surface area contributed by atoms with Crippen LogP contribution in [0.2, 0.25) is 0 Å². The molecule has 4 bridgehead atoms. The molecule has 128 valence electrons. The van der Waals surface area contributed by atoms with Crippen molar-refractivity contribution < 1.29 is 9.59 Å². The van der Waals surface area contributed by atoms with E-state index in [-0.39, 0.29) is 24.2 Å². The first-order valence-electron chi connectivity index (χ1n) is 9.04. The van der Waals surface area contributed by atoms with Crippen LogP contribution in [0.25, 0.3) is 0 Å². The summed E-state index contributed by atoms with van der Waals surface area (Å²) < 4.78 is 0. The summed E-state index contributed by atoms with van der Waals surface area (Å²) in [6.45, 7) is 5.43. The topological polar surface area (TPSA) is 70.6 Å². The van der Waals surface area contributed by atoms with Crippen LogP contribution in [0, 0.1) is 29.6 Å². The zero-order valence-electron chi connectivity index (χ0n) is 14.5. The lowest BCUT2D eigenvalue weighted by Gasteiger charge is -2.54. The molecule has 5 heteroatoms. The van der Waals surface area contributed by atoms with Crippen LogP contribution in [-0.2, 0) is 9.59 Å². The molecule has 0 aromatic heterocycles. The molecule has 5 nitrogen and oxygen atoms in total. The van der Waals surface area contributed by atoms with E-state index in [1.807, 2.05) is 13.8 Å². The Morgan fingerprint density at radius 3 is 2.13 bits per heavy atom. The second-order valence-corrected chi connectivity index (χ2v) is 8.18. The van der Waals surface area contributed by atoms with Gasteiger partial charge in [-0.2, -0.15) is 5.10 Å². The average Bonchev–Trinajstić information content (AvgIpc) is 2.47. The van der Waals surface area contributed by atoms with Crippen LogP contribution < -0.4 is 10.7 Å². The fourth-order valence-corrected chi connectivity index (χ4v) is 4.95. The molecule has 0 aliphatic heterocycles. The van der Waals surface area contributed by atoms with Crippen LogP contribution in [-0.4, -0.2) is 23.6 Å². The molecule has 4 fully saturated rings. The summed E-state index contributed by atoms with van der Waals surface area (Å²) in [4.78, 5) is 23.8. The van der Waals surface area contributed by atoms with Crippen molar-refractivity contribution in [1.82, 2.24) is 10.7 Å². The maximum atomic E-state index is 12.3. The number of carbonyl (C=O) groups excluding carboxylic acids is 2. The van der Waals surface area contributed by atoms with Crippen molar-refractivity contribution in [2.75, 3.05) is 0 Å². The van der Waals surface area contributed by atoms with Gasteiger partial charge in [-0.05, 0) is 62.7 Å². The van der Waals surface area contributed by atoms with Gasteiger partial charge in [0.2, 0.25) is 11.8 Å². The molecule has 0 atom stereocenters. The number of nitrogens with one attached hydrogen (secondary N) is 2. The number of hydrogen-bond acceptors (Lipinski definition) is 3. The highest BCUT2D eigenvalue weighted by Gasteiger charge is 2.48. The molecule has 0 radical (unpaired) electrons. The van der Waals surface area contributed by atoms with E-state index in [0.29, 0.717) is 23.6 Å². The van der Waals surface area contributed by atoms with E-state index in [4.69, 9.17) is 0 Å². The van der Waals surface area contributed by atoms with Crippen LogP contribution in [0.5, 0.6) is 0 Å². The SMILES string of the molecule is C/C(CC(=O)NC1C2CC3CC(C2)CC1C3)=N/NC(=O)C(C)C. The molecule has 4 saturated carbocycles. The Morgan fingerprint density at radius 2 is 1.61 bits per heavy atom. The Morgan fingerprint density at radius 1 is 1.04 bits per heavy atom. The Labute approximate surface area is 138 Å². The van der Waals surface area contributed by atoms with Crippen molar-refractivity contribution in [3.63, 3.8) is 0 Å². The molecule has 4 aliphatic rings. The van der Waals surface area contributed by atoms with Crippen LogP contribution in [0.3, 0.4) is 0 Å². The number of hydrazone groups is 1. The first-order valence-corrected chi connectivity index (χ1v) is 9.04. The molecule has 0 spiro atoms. The quantitative estimate of drug-likeness (QED) is 0.603. The van der Waals surface area contributed by atoms with Gasteiger partial charge in [0.05, 0.1) is 6.42 Å². The highest BCUT2D eigenvalue weighted by molar-refractivity contribution is 6.00. The normalized spacial score (nSPS) is 35.5. The average molecular weight is 319 g/mol. The first kappa shape index (κ1) is 16.5. The van der Waals surface area contributed by atoms with Crippen molar-refractivity contribution >= 4 is 17.5 Å². The zero-order chi connectivity index (χ0) is 16.6. The van der Waals surface area contributed by atoms with Gasteiger partial charge >= 0.3 is 0 Å². The van der Waals surface area contributed by atoms with Gasteiger partial charge in [-0.15, -0.1) is 0 Å². The van der Waals surface area contributed by atoms with Gasteiger partial charge in [0.1, 0.15) is 0 Å². The first-order chi connectivity index (χ1) is 10.9. The largest absolute Gasteiger partial charge is 0.352 e. The number of carbonyl (C=O) groups is 2. The smallest absolute Gasteiger partial charge is 0.242 e. The lowest BCUT2D eigenvalue weighted by Crippen LogP contribution is -2.56. The summed E-state index contributed by atoms with van der Waals surface area (Å²) in [6, 6.07) is 0.369. The minimum atomic E-state index is -0.120. The van der Waals surface area contributed by atoms with E-state index in [1.54, 1.807) is 6.92 Å². The van der Waals surface area contributed by atoms with E-state index in [2.05, 4.69) is 15.8 Å². The number of rotatable bonds is 5. The maximum Gasteiger partial charge on any atom is 0.242 e. The van der Waals surface area contributed by atoms with Crippen LogP contribution in [0.15, 0.2) is 5.10 Å². The standard InChI is InChI=1S/C18H29N3O2/c1-10(2)18(23)21-20-11(3)4-16(22)19-17-14-6-12-5-13(8-14)9-15(17)7-12/h10,12-15,17H,4-9H2,1-3H3,(H,19,22)(H,21,23)/b20-11-. The van der Waals surface area contributed by atoms with Crippen molar-refractivity contribution in [1.29, 1.82) is 0 Å². The van der Waals surface area contributed by atoms with Crippen molar-refractivity contribution in [2.45, 2.75) is 65.3 Å². The minimum Gasteiger partial charge on any atom is -0.352 e. The molecule has 2 N–H and O–H groups in total. The monoisotopic (exact) mass is 319 g/mol. The number of amides is 2. The molecular formula is C18H29N3O2. The highest BCUT2D eigenvalue weighted by atomic mass is 16.2. The molecule has 0 aromatic rings. The fraction of sp³-hybridized carbons (Fsp3) is 0.833. The van der Waals surface area contributed by atoms with Gasteiger partial charge in [0, 0.05) is 17.7 Å². The van der Waals surface area contributed by atoms with Crippen molar-refractivity contribution in [3.05, 3.63) is 0 Å². The highest BCUT2D eigenvalue weighted by Crippen LogP contribution is 2.53. The second-order valence-electron chi connectivity index (χ2n) is 8.18. The van der Waals surface area contributed by atoms with Gasteiger partial charge in [-0.1, -0.05) is 13.8 Å². The summed E-state index contributed by atoms with van der Waals surface area (Å²) in [5.41, 5.74) is 3.16. The van der Waals surface area contributed by atoms with Gasteiger partial charge in [-0.25, -0.2) is 5.43 Å². The Balaban J connectivity index is 1.50. The second kappa shape index (κ2) is 6.62.